The lowest BCUT2D eigenvalue weighted by Gasteiger charge is -2.30. The highest BCUT2D eigenvalue weighted by molar-refractivity contribution is 5.02. The molecule has 1 saturated heterocycles. The second kappa shape index (κ2) is 4.31. The summed E-state index contributed by atoms with van der Waals surface area (Å²) in [4.78, 5) is 2.41. The number of nitriles is 1. The van der Waals surface area contributed by atoms with Gasteiger partial charge in [0.05, 0.1) is 18.9 Å². The average Bonchev–Trinajstić information content (AvgIpc) is 2.77. The Labute approximate surface area is 96.7 Å². The van der Waals surface area contributed by atoms with E-state index in [4.69, 9.17) is 9.68 Å². The molecule has 2 heterocycles. The van der Waals surface area contributed by atoms with Crippen molar-refractivity contribution in [2.45, 2.75) is 38.8 Å². The molecule has 0 bridgehead atoms. The quantitative estimate of drug-likeness (QED) is 0.783. The molecule has 0 amide bonds. The van der Waals surface area contributed by atoms with Gasteiger partial charge in [-0.3, -0.25) is 4.90 Å². The summed E-state index contributed by atoms with van der Waals surface area (Å²) in [7, 11) is 0. The van der Waals surface area contributed by atoms with Crippen LogP contribution in [0.4, 0.5) is 0 Å². The van der Waals surface area contributed by atoms with Gasteiger partial charge in [-0.05, 0) is 38.3 Å². The van der Waals surface area contributed by atoms with Gasteiger partial charge in [-0.1, -0.05) is 0 Å². The summed E-state index contributed by atoms with van der Waals surface area (Å²) in [5, 5.41) is 8.75. The van der Waals surface area contributed by atoms with E-state index in [9.17, 15) is 0 Å². The van der Waals surface area contributed by atoms with Crippen LogP contribution in [0.1, 0.15) is 32.4 Å². The van der Waals surface area contributed by atoms with Crippen LogP contribution in [0.5, 0.6) is 0 Å². The molecule has 16 heavy (non-hydrogen) atoms. The Morgan fingerprint density at radius 1 is 1.62 bits per heavy atom. The molecule has 0 N–H and O–H groups in total. The third kappa shape index (κ3) is 2.28. The summed E-state index contributed by atoms with van der Waals surface area (Å²) in [5.74, 6) is 1.51. The third-order valence-electron chi connectivity index (χ3n) is 3.43. The first kappa shape index (κ1) is 11.2. The van der Waals surface area contributed by atoms with Crippen LogP contribution in [-0.2, 0) is 6.54 Å². The van der Waals surface area contributed by atoms with Gasteiger partial charge in [0.15, 0.2) is 0 Å². The SMILES string of the molecule is CC1(C)CC(CC#N)CN1Cc1ccco1. The van der Waals surface area contributed by atoms with Crippen molar-refractivity contribution in [2.24, 2.45) is 5.92 Å². The van der Waals surface area contributed by atoms with Crippen LogP contribution in [0.15, 0.2) is 22.8 Å². The van der Waals surface area contributed by atoms with Crippen molar-refractivity contribution in [3.63, 3.8) is 0 Å². The van der Waals surface area contributed by atoms with Crippen molar-refractivity contribution in [3.05, 3.63) is 24.2 Å². The van der Waals surface area contributed by atoms with Gasteiger partial charge in [0.2, 0.25) is 0 Å². The van der Waals surface area contributed by atoms with Crippen molar-refractivity contribution in [1.82, 2.24) is 4.90 Å². The zero-order valence-electron chi connectivity index (χ0n) is 9.94. The number of hydrogen-bond donors (Lipinski definition) is 0. The first-order valence-electron chi connectivity index (χ1n) is 5.76. The minimum Gasteiger partial charge on any atom is -0.468 e. The standard InChI is InChI=1S/C13H18N2O/c1-13(2)8-11(5-6-14)9-15(13)10-12-4-3-7-16-12/h3-4,7,11H,5,8-10H2,1-2H3. The normalized spacial score (nSPS) is 24.4. The van der Waals surface area contributed by atoms with Gasteiger partial charge < -0.3 is 4.42 Å². The van der Waals surface area contributed by atoms with Crippen molar-refractivity contribution in [2.75, 3.05) is 6.54 Å². The Balaban J connectivity index is 2.02. The molecule has 1 aromatic heterocycles. The van der Waals surface area contributed by atoms with Crippen molar-refractivity contribution >= 4 is 0 Å². The zero-order valence-corrected chi connectivity index (χ0v) is 9.94. The summed E-state index contributed by atoms with van der Waals surface area (Å²) in [6, 6.07) is 6.21. The van der Waals surface area contributed by atoms with Crippen LogP contribution in [0, 0.1) is 17.2 Å². The third-order valence-corrected chi connectivity index (χ3v) is 3.43. The summed E-state index contributed by atoms with van der Waals surface area (Å²) in [6.07, 6.45) is 3.48. The molecule has 1 aliphatic heterocycles. The van der Waals surface area contributed by atoms with Crippen LogP contribution >= 0.6 is 0 Å². The van der Waals surface area contributed by atoms with E-state index >= 15 is 0 Å². The Morgan fingerprint density at radius 3 is 3.06 bits per heavy atom. The highest BCUT2D eigenvalue weighted by Gasteiger charge is 2.38. The fourth-order valence-electron chi connectivity index (χ4n) is 2.59. The Morgan fingerprint density at radius 2 is 2.44 bits per heavy atom. The minimum atomic E-state index is 0.175. The van der Waals surface area contributed by atoms with E-state index in [1.165, 1.54) is 0 Å². The topological polar surface area (TPSA) is 40.2 Å². The van der Waals surface area contributed by atoms with Crippen LogP contribution in [-0.4, -0.2) is 17.0 Å². The summed E-state index contributed by atoms with van der Waals surface area (Å²) in [6.45, 7) is 6.34. The van der Waals surface area contributed by atoms with Crippen molar-refractivity contribution in [1.29, 1.82) is 5.26 Å². The molecule has 1 atom stereocenters. The predicted molar refractivity (Wildman–Crippen MR) is 61.5 cm³/mol. The molecular weight excluding hydrogens is 200 g/mol. The maximum atomic E-state index is 8.75. The number of nitrogens with zero attached hydrogens (tertiary/aromatic N) is 2. The van der Waals surface area contributed by atoms with Gasteiger partial charge in [0, 0.05) is 18.5 Å². The van der Waals surface area contributed by atoms with Crippen LogP contribution in [0.2, 0.25) is 0 Å². The van der Waals surface area contributed by atoms with Crippen LogP contribution < -0.4 is 0 Å². The lowest BCUT2D eigenvalue weighted by Crippen LogP contribution is -2.37. The van der Waals surface area contributed by atoms with E-state index in [0.29, 0.717) is 12.3 Å². The molecule has 1 fully saturated rings. The van der Waals surface area contributed by atoms with E-state index in [0.717, 1.165) is 25.3 Å². The van der Waals surface area contributed by atoms with E-state index in [1.807, 2.05) is 12.1 Å². The van der Waals surface area contributed by atoms with Gasteiger partial charge in [-0.15, -0.1) is 0 Å². The maximum Gasteiger partial charge on any atom is 0.117 e. The van der Waals surface area contributed by atoms with Crippen LogP contribution in [0.3, 0.4) is 0 Å². The first-order valence-corrected chi connectivity index (χ1v) is 5.76. The molecule has 86 valence electrons. The average molecular weight is 218 g/mol. The molecule has 0 spiro atoms. The molecule has 0 aliphatic carbocycles. The molecule has 1 aliphatic rings. The predicted octanol–water partition coefficient (Wildman–Crippen LogP) is 2.79. The number of rotatable bonds is 3. The number of furan rings is 1. The fourth-order valence-corrected chi connectivity index (χ4v) is 2.59. The molecule has 3 heteroatoms. The largest absolute Gasteiger partial charge is 0.468 e. The fraction of sp³-hybridized carbons (Fsp3) is 0.615. The van der Waals surface area contributed by atoms with Crippen LogP contribution in [0.25, 0.3) is 0 Å². The highest BCUT2D eigenvalue weighted by Crippen LogP contribution is 2.35. The van der Waals surface area contributed by atoms with E-state index < -0.39 is 0 Å². The van der Waals surface area contributed by atoms with Gasteiger partial charge in [0.25, 0.3) is 0 Å². The summed E-state index contributed by atoms with van der Waals surface area (Å²) in [5.41, 5.74) is 0.175. The van der Waals surface area contributed by atoms with Gasteiger partial charge in [-0.2, -0.15) is 5.26 Å². The second-order valence-electron chi connectivity index (χ2n) is 5.20. The van der Waals surface area contributed by atoms with Gasteiger partial charge in [-0.25, -0.2) is 0 Å². The molecule has 3 nitrogen and oxygen atoms in total. The maximum absolute atomic E-state index is 8.75. The van der Waals surface area contributed by atoms with Crippen molar-refractivity contribution in [3.8, 4) is 6.07 Å². The smallest absolute Gasteiger partial charge is 0.117 e. The minimum absolute atomic E-state index is 0.175. The summed E-state index contributed by atoms with van der Waals surface area (Å²) < 4.78 is 5.38. The lowest BCUT2D eigenvalue weighted by molar-refractivity contribution is 0.154. The zero-order chi connectivity index (χ0) is 11.6. The molecule has 0 saturated carbocycles. The molecule has 0 radical (unpaired) electrons. The Kier molecular flexibility index (Phi) is 3.02. The molecular formula is C13H18N2O. The molecule has 0 aromatic carbocycles. The number of hydrogen-bond acceptors (Lipinski definition) is 3. The van der Waals surface area contributed by atoms with Gasteiger partial charge in [0.1, 0.15) is 5.76 Å². The Bertz CT molecular complexity index is 375. The highest BCUT2D eigenvalue weighted by atomic mass is 16.3. The lowest BCUT2D eigenvalue weighted by atomic mass is 9.95. The summed E-state index contributed by atoms with van der Waals surface area (Å²) >= 11 is 0. The van der Waals surface area contributed by atoms with E-state index in [1.54, 1.807) is 6.26 Å². The Hall–Kier alpha value is -1.27. The first-order chi connectivity index (χ1) is 7.62. The van der Waals surface area contributed by atoms with Gasteiger partial charge >= 0.3 is 0 Å². The van der Waals surface area contributed by atoms with E-state index in [-0.39, 0.29) is 5.54 Å². The molecule has 1 aromatic rings. The second-order valence-corrected chi connectivity index (χ2v) is 5.20. The van der Waals surface area contributed by atoms with Crippen molar-refractivity contribution < 1.29 is 4.42 Å². The molecule has 2 rings (SSSR count). The van der Waals surface area contributed by atoms with E-state index in [2.05, 4.69) is 24.8 Å². The molecule has 1 unspecified atom stereocenters. The monoisotopic (exact) mass is 218 g/mol. The number of likely N-dealkylation sites (tertiary alicyclic amines) is 1.